The van der Waals surface area contributed by atoms with Gasteiger partial charge in [0.2, 0.25) is 0 Å². The molecule has 1 saturated carbocycles. The summed E-state index contributed by atoms with van der Waals surface area (Å²) in [7, 11) is 1.51. The highest BCUT2D eigenvalue weighted by molar-refractivity contribution is 6.31. The number of ether oxygens (including phenoxy) is 1. The predicted molar refractivity (Wildman–Crippen MR) is 101 cm³/mol. The van der Waals surface area contributed by atoms with Gasteiger partial charge in [0, 0.05) is 34.7 Å². The van der Waals surface area contributed by atoms with Gasteiger partial charge in [-0.3, -0.25) is 9.59 Å². The monoisotopic (exact) mass is 386 g/mol. The van der Waals surface area contributed by atoms with Gasteiger partial charge in [0.05, 0.1) is 24.9 Å². The van der Waals surface area contributed by atoms with E-state index < -0.39 is 5.97 Å². The first-order valence-corrected chi connectivity index (χ1v) is 9.04. The van der Waals surface area contributed by atoms with Crippen molar-refractivity contribution in [2.75, 3.05) is 7.11 Å². The van der Waals surface area contributed by atoms with E-state index in [1.807, 2.05) is 0 Å². The molecule has 1 aromatic heterocycles. The standard InChI is InChI=1S/C20H19ClN2O4/c1-27-18-11-23(17-6-3-12(17)4-7-20(25)26)19(24)9-16(18)15-8-14(21)5-2-13(15)10-22/h2,5,8-9,11-12,17H,3-4,6-7H2,1H3,(H,25,26). The lowest BCUT2D eigenvalue weighted by atomic mass is 9.76. The normalized spacial score (nSPS) is 18.4. The molecule has 1 heterocycles. The van der Waals surface area contributed by atoms with E-state index in [0.29, 0.717) is 33.9 Å². The van der Waals surface area contributed by atoms with E-state index in [2.05, 4.69) is 6.07 Å². The molecule has 0 amide bonds. The molecule has 3 rings (SSSR count). The number of nitrogens with zero attached hydrogens (tertiary/aromatic N) is 2. The minimum atomic E-state index is -0.828. The maximum absolute atomic E-state index is 12.8. The molecule has 1 aliphatic rings. The Hall–Kier alpha value is -2.78. The van der Waals surface area contributed by atoms with Crippen molar-refractivity contribution in [3.05, 3.63) is 51.4 Å². The van der Waals surface area contributed by atoms with Crippen LogP contribution in [0, 0.1) is 17.2 Å². The van der Waals surface area contributed by atoms with Crippen LogP contribution < -0.4 is 10.3 Å². The van der Waals surface area contributed by atoms with E-state index in [0.717, 1.165) is 12.8 Å². The van der Waals surface area contributed by atoms with Crippen LogP contribution in [0.5, 0.6) is 5.75 Å². The molecule has 0 saturated heterocycles. The zero-order valence-corrected chi connectivity index (χ0v) is 15.6. The summed E-state index contributed by atoms with van der Waals surface area (Å²) in [5.74, 6) is -0.196. The van der Waals surface area contributed by atoms with Gasteiger partial charge in [0.25, 0.3) is 5.56 Å². The minimum absolute atomic E-state index is 0.0328. The predicted octanol–water partition coefficient (Wildman–Crippen LogP) is 3.86. The molecule has 27 heavy (non-hydrogen) atoms. The number of carbonyl (C=O) groups is 1. The molecule has 0 aliphatic heterocycles. The van der Waals surface area contributed by atoms with Crippen molar-refractivity contribution in [2.24, 2.45) is 5.92 Å². The molecule has 140 valence electrons. The number of rotatable bonds is 6. The summed E-state index contributed by atoms with van der Waals surface area (Å²) in [5.41, 5.74) is 1.25. The van der Waals surface area contributed by atoms with Crippen molar-refractivity contribution in [1.82, 2.24) is 4.57 Å². The molecule has 0 bridgehead atoms. The zero-order chi connectivity index (χ0) is 19.6. The topological polar surface area (TPSA) is 92.3 Å². The lowest BCUT2D eigenvalue weighted by molar-refractivity contribution is -0.137. The molecule has 2 unspecified atom stereocenters. The Labute approximate surface area is 161 Å². The van der Waals surface area contributed by atoms with Crippen molar-refractivity contribution >= 4 is 17.6 Å². The van der Waals surface area contributed by atoms with Crippen LogP contribution >= 0.6 is 11.6 Å². The van der Waals surface area contributed by atoms with Crippen LogP contribution in [0.15, 0.2) is 35.3 Å². The number of aromatic nitrogens is 1. The average Bonchev–Trinajstić information content (AvgIpc) is 2.61. The molecule has 0 radical (unpaired) electrons. The molecule has 1 fully saturated rings. The Morgan fingerprint density at radius 3 is 2.74 bits per heavy atom. The SMILES string of the molecule is COc1cn(C2CCC2CCC(=O)O)c(=O)cc1-c1cc(Cl)ccc1C#N. The summed E-state index contributed by atoms with van der Waals surface area (Å²) >= 11 is 6.07. The highest BCUT2D eigenvalue weighted by Crippen LogP contribution is 2.42. The summed E-state index contributed by atoms with van der Waals surface area (Å²) in [6.45, 7) is 0. The number of nitriles is 1. The van der Waals surface area contributed by atoms with Gasteiger partial charge >= 0.3 is 5.97 Å². The fourth-order valence-electron chi connectivity index (χ4n) is 3.56. The number of methoxy groups -OCH3 is 1. The molecule has 6 nitrogen and oxygen atoms in total. The van der Waals surface area contributed by atoms with E-state index >= 15 is 0 Å². The third kappa shape index (κ3) is 3.83. The van der Waals surface area contributed by atoms with Gasteiger partial charge in [0.15, 0.2) is 0 Å². The summed E-state index contributed by atoms with van der Waals surface area (Å²) in [6, 6.07) is 8.40. The first-order valence-electron chi connectivity index (χ1n) is 8.66. The van der Waals surface area contributed by atoms with Crippen molar-refractivity contribution in [3.8, 4) is 22.9 Å². The number of carboxylic acids is 1. The quantitative estimate of drug-likeness (QED) is 0.813. The fourth-order valence-corrected chi connectivity index (χ4v) is 3.73. The van der Waals surface area contributed by atoms with Crippen molar-refractivity contribution in [3.63, 3.8) is 0 Å². The molecule has 0 spiro atoms. The Kier molecular flexibility index (Phi) is 5.52. The summed E-state index contributed by atoms with van der Waals surface area (Å²) in [4.78, 5) is 23.6. The van der Waals surface area contributed by atoms with Crippen molar-refractivity contribution in [2.45, 2.75) is 31.7 Å². The average molecular weight is 387 g/mol. The Balaban J connectivity index is 2.00. The Morgan fingerprint density at radius 1 is 1.37 bits per heavy atom. The first kappa shape index (κ1) is 19.0. The molecule has 2 aromatic rings. The second-order valence-corrected chi connectivity index (χ2v) is 7.08. The van der Waals surface area contributed by atoms with Gasteiger partial charge in [-0.1, -0.05) is 11.6 Å². The number of hydrogen-bond donors (Lipinski definition) is 1. The second kappa shape index (κ2) is 7.85. The molecule has 2 atom stereocenters. The van der Waals surface area contributed by atoms with Gasteiger partial charge in [0.1, 0.15) is 5.75 Å². The Morgan fingerprint density at radius 2 is 2.15 bits per heavy atom. The van der Waals surface area contributed by atoms with Crippen LogP contribution in [0.3, 0.4) is 0 Å². The fraction of sp³-hybridized carbons (Fsp3) is 0.350. The van der Waals surface area contributed by atoms with Crippen LogP contribution in [0.25, 0.3) is 11.1 Å². The third-order valence-corrected chi connectivity index (χ3v) is 5.36. The summed E-state index contributed by atoms with van der Waals surface area (Å²) < 4.78 is 7.10. The van der Waals surface area contributed by atoms with E-state index in [-0.39, 0.29) is 23.9 Å². The maximum atomic E-state index is 12.8. The lowest BCUT2D eigenvalue weighted by Crippen LogP contribution is -2.35. The van der Waals surface area contributed by atoms with Crippen LogP contribution in [-0.2, 0) is 4.79 Å². The van der Waals surface area contributed by atoms with Gasteiger partial charge in [-0.25, -0.2) is 0 Å². The van der Waals surface area contributed by atoms with Crippen LogP contribution in [0.2, 0.25) is 5.02 Å². The van der Waals surface area contributed by atoms with Gasteiger partial charge in [-0.2, -0.15) is 5.26 Å². The van der Waals surface area contributed by atoms with Gasteiger partial charge in [-0.05, 0) is 43.4 Å². The molecule has 1 aromatic carbocycles. The second-order valence-electron chi connectivity index (χ2n) is 6.64. The molecule has 1 N–H and O–H groups in total. The first-order chi connectivity index (χ1) is 12.9. The molecule has 1 aliphatic carbocycles. The number of aliphatic carboxylic acids is 1. The maximum Gasteiger partial charge on any atom is 0.303 e. The van der Waals surface area contributed by atoms with Crippen LogP contribution in [0.1, 0.15) is 37.3 Å². The number of hydrogen-bond acceptors (Lipinski definition) is 4. The lowest BCUT2D eigenvalue weighted by Gasteiger charge is -2.38. The van der Waals surface area contributed by atoms with Crippen molar-refractivity contribution in [1.29, 1.82) is 5.26 Å². The highest BCUT2D eigenvalue weighted by Gasteiger charge is 2.33. The summed E-state index contributed by atoms with van der Waals surface area (Å²) in [5, 5.41) is 18.7. The highest BCUT2D eigenvalue weighted by atomic mass is 35.5. The molecular weight excluding hydrogens is 368 g/mol. The van der Waals surface area contributed by atoms with E-state index in [9.17, 15) is 14.9 Å². The van der Waals surface area contributed by atoms with Crippen molar-refractivity contribution < 1.29 is 14.6 Å². The van der Waals surface area contributed by atoms with Crippen LogP contribution in [-0.4, -0.2) is 22.8 Å². The number of carboxylic acid groups (broad SMARTS) is 1. The molecule has 7 heteroatoms. The minimum Gasteiger partial charge on any atom is -0.495 e. The van der Waals surface area contributed by atoms with Gasteiger partial charge in [-0.15, -0.1) is 0 Å². The Bertz CT molecular complexity index is 977. The smallest absolute Gasteiger partial charge is 0.303 e. The largest absolute Gasteiger partial charge is 0.495 e. The van der Waals surface area contributed by atoms with Crippen LogP contribution in [0.4, 0.5) is 0 Å². The third-order valence-electron chi connectivity index (χ3n) is 5.12. The zero-order valence-electron chi connectivity index (χ0n) is 14.8. The summed E-state index contributed by atoms with van der Waals surface area (Å²) in [6.07, 6.45) is 4.02. The number of pyridine rings is 1. The van der Waals surface area contributed by atoms with E-state index in [1.54, 1.807) is 29.0 Å². The number of halogens is 1. The van der Waals surface area contributed by atoms with Gasteiger partial charge < -0.3 is 14.4 Å². The van der Waals surface area contributed by atoms with E-state index in [1.165, 1.54) is 13.2 Å². The molecular formula is C20H19ClN2O4. The van der Waals surface area contributed by atoms with E-state index in [4.69, 9.17) is 21.4 Å². The number of benzene rings is 1.